The van der Waals surface area contributed by atoms with E-state index < -0.39 is 11.5 Å². The molecule has 1 aliphatic heterocycles. The summed E-state index contributed by atoms with van der Waals surface area (Å²) in [6.45, 7) is 4.17. The Hall–Kier alpha value is -1.98. The molecule has 1 heterocycles. The molecule has 25 heavy (non-hydrogen) atoms. The summed E-state index contributed by atoms with van der Waals surface area (Å²) in [5.41, 5.74) is 0.889. The lowest BCUT2D eigenvalue weighted by Crippen LogP contribution is -2.40. The van der Waals surface area contributed by atoms with Crippen molar-refractivity contribution in [2.45, 2.75) is 31.8 Å². The molecule has 0 unspecified atom stereocenters. The molecule has 0 saturated heterocycles. The van der Waals surface area contributed by atoms with Crippen LogP contribution in [0.3, 0.4) is 0 Å². The molecule has 2 aromatic carbocycles. The zero-order valence-corrected chi connectivity index (χ0v) is 16.0. The molecule has 1 N–H and O–H groups in total. The summed E-state index contributed by atoms with van der Waals surface area (Å²) in [5.74, 6) is -0.359. The molecule has 2 aromatic rings. The SMILES string of the molecule is CC(C)c1ccc(C(=O)C[C@@]2(O)C(=O)N(C)c3ccc(Br)cc32)cc1. The smallest absolute Gasteiger partial charge is 0.263 e. The number of halogens is 1. The zero-order valence-electron chi connectivity index (χ0n) is 14.4. The molecule has 130 valence electrons. The maximum atomic E-state index is 12.7. The minimum Gasteiger partial charge on any atom is -0.375 e. The van der Waals surface area contributed by atoms with Gasteiger partial charge in [0.25, 0.3) is 5.91 Å². The Bertz CT molecular complexity index is 845. The lowest BCUT2D eigenvalue weighted by Gasteiger charge is -2.21. The summed E-state index contributed by atoms with van der Waals surface area (Å²) in [6.07, 6.45) is -0.277. The van der Waals surface area contributed by atoms with Gasteiger partial charge in [0.15, 0.2) is 11.4 Å². The average molecular weight is 402 g/mol. The molecule has 5 heteroatoms. The van der Waals surface area contributed by atoms with Crippen molar-refractivity contribution in [3.63, 3.8) is 0 Å². The van der Waals surface area contributed by atoms with Gasteiger partial charge < -0.3 is 10.0 Å². The van der Waals surface area contributed by atoms with Crippen molar-refractivity contribution >= 4 is 33.3 Å². The fraction of sp³-hybridized carbons (Fsp3) is 0.300. The number of carbonyl (C=O) groups is 2. The van der Waals surface area contributed by atoms with Gasteiger partial charge in [-0.05, 0) is 29.7 Å². The van der Waals surface area contributed by atoms with Crippen molar-refractivity contribution in [1.29, 1.82) is 0 Å². The maximum absolute atomic E-state index is 12.7. The Morgan fingerprint density at radius 1 is 1.20 bits per heavy atom. The summed E-state index contributed by atoms with van der Waals surface area (Å²) < 4.78 is 0.751. The number of fused-ring (bicyclic) bond motifs is 1. The molecule has 3 rings (SSSR count). The topological polar surface area (TPSA) is 57.6 Å². The van der Waals surface area contributed by atoms with Gasteiger partial charge >= 0.3 is 0 Å². The highest BCUT2D eigenvalue weighted by atomic mass is 79.9. The highest BCUT2D eigenvalue weighted by molar-refractivity contribution is 9.10. The van der Waals surface area contributed by atoms with E-state index in [9.17, 15) is 14.7 Å². The van der Waals surface area contributed by atoms with Crippen molar-refractivity contribution < 1.29 is 14.7 Å². The minimum atomic E-state index is -1.83. The number of anilines is 1. The van der Waals surface area contributed by atoms with Crippen LogP contribution in [0.1, 0.15) is 47.7 Å². The van der Waals surface area contributed by atoms with E-state index in [0.29, 0.717) is 22.7 Å². The third-order valence-electron chi connectivity index (χ3n) is 4.74. The zero-order chi connectivity index (χ0) is 18.4. The van der Waals surface area contributed by atoms with Crippen LogP contribution in [0.5, 0.6) is 0 Å². The number of benzene rings is 2. The molecule has 1 atom stereocenters. The average Bonchev–Trinajstić information content (AvgIpc) is 2.76. The second-order valence-corrected chi connectivity index (χ2v) is 7.68. The Morgan fingerprint density at radius 2 is 1.84 bits per heavy atom. The van der Waals surface area contributed by atoms with Crippen LogP contribution in [0.25, 0.3) is 0 Å². The Balaban J connectivity index is 1.93. The second kappa shape index (κ2) is 6.39. The van der Waals surface area contributed by atoms with Crippen molar-refractivity contribution in [1.82, 2.24) is 0 Å². The molecule has 1 amide bonds. The van der Waals surface area contributed by atoms with Crippen molar-refractivity contribution in [2.75, 3.05) is 11.9 Å². The number of Topliss-reactive ketones (excluding diaryl/α,β-unsaturated/α-hetero) is 1. The molecule has 4 nitrogen and oxygen atoms in total. The molecule has 0 bridgehead atoms. The van der Waals surface area contributed by atoms with Crippen molar-refractivity contribution in [2.24, 2.45) is 0 Å². The summed E-state index contributed by atoms with van der Waals surface area (Å²) in [5, 5.41) is 11.0. The van der Waals surface area contributed by atoms with Crippen LogP contribution in [0.2, 0.25) is 0 Å². The molecule has 0 saturated carbocycles. The predicted octanol–water partition coefficient (Wildman–Crippen LogP) is 4.01. The van der Waals surface area contributed by atoms with Gasteiger partial charge in [0, 0.05) is 22.6 Å². The van der Waals surface area contributed by atoms with Crippen LogP contribution in [-0.2, 0) is 10.4 Å². The first kappa shape index (κ1) is 17.8. The van der Waals surface area contributed by atoms with Gasteiger partial charge in [0.2, 0.25) is 0 Å². The number of nitrogens with zero attached hydrogens (tertiary/aromatic N) is 1. The number of hydrogen-bond acceptors (Lipinski definition) is 3. The monoisotopic (exact) mass is 401 g/mol. The third kappa shape index (κ3) is 3.02. The van der Waals surface area contributed by atoms with Crippen LogP contribution in [-0.4, -0.2) is 23.8 Å². The number of hydrogen-bond donors (Lipinski definition) is 1. The molecule has 1 aliphatic rings. The summed E-state index contributed by atoms with van der Waals surface area (Å²) >= 11 is 3.36. The fourth-order valence-corrected chi connectivity index (χ4v) is 3.55. The number of likely N-dealkylation sites (N-methyl/N-ethyl adjacent to an activating group) is 1. The van der Waals surface area contributed by atoms with Crippen molar-refractivity contribution in [3.8, 4) is 0 Å². The summed E-state index contributed by atoms with van der Waals surface area (Å²) in [7, 11) is 1.61. The van der Waals surface area contributed by atoms with Crippen LogP contribution in [0, 0.1) is 0 Å². The number of amides is 1. The summed E-state index contributed by atoms with van der Waals surface area (Å²) in [4.78, 5) is 26.7. The normalized spacial score (nSPS) is 19.4. The maximum Gasteiger partial charge on any atom is 0.263 e. The van der Waals surface area contributed by atoms with Crippen LogP contribution < -0.4 is 4.90 Å². The van der Waals surface area contributed by atoms with Gasteiger partial charge in [0.1, 0.15) is 0 Å². The van der Waals surface area contributed by atoms with E-state index >= 15 is 0 Å². The van der Waals surface area contributed by atoms with Crippen molar-refractivity contribution in [3.05, 3.63) is 63.6 Å². The van der Waals surface area contributed by atoms with E-state index in [1.54, 1.807) is 37.4 Å². The predicted molar refractivity (Wildman–Crippen MR) is 101 cm³/mol. The highest BCUT2D eigenvalue weighted by Crippen LogP contribution is 2.43. The molecule has 0 radical (unpaired) electrons. The van der Waals surface area contributed by atoms with Crippen LogP contribution in [0.15, 0.2) is 46.9 Å². The van der Waals surface area contributed by atoms with Gasteiger partial charge in [-0.1, -0.05) is 54.0 Å². The minimum absolute atomic E-state index is 0.257. The van der Waals surface area contributed by atoms with Crippen LogP contribution >= 0.6 is 15.9 Å². The molecule has 0 fully saturated rings. The van der Waals surface area contributed by atoms with E-state index in [0.717, 1.165) is 10.0 Å². The lowest BCUT2D eigenvalue weighted by molar-refractivity contribution is -0.135. The van der Waals surface area contributed by atoms with Gasteiger partial charge in [0.05, 0.1) is 12.1 Å². The standard InChI is InChI=1S/C20H20BrNO3/c1-12(2)13-4-6-14(7-5-13)18(23)11-20(25)16-10-15(21)8-9-17(16)22(3)19(20)24/h4-10,12,25H,11H2,1-3H3/t20-/m0/s1. The number of carbonyl (C=O) groups excluding carboxylic acids is 2. The third-order valence-corrected chi connectivity index (χ3v) is 5.23. The van der Waals surface area contributed by atoms with Gasteiger partial charge in [-0.25, -0.2) is 0 Å². The molecule has 0 spiro atoms. The first-order valence-electron chi connectivity index (χ1n) is 8.18. The summed E-state index contributed by atoms with van der Waals surface area (Å²) in [6, 6.07) is 12.6. The lowest BCUT2D eigenvalue weighted by atomic mass is 9.87. The Kier molecular flexibility index (Phi) is 4.56. The quantitative estimate of drug-likeness (QED) is 0.787. The Labute approximate surface area is 155 Å². The number of ketones is 1. The van der Waals surface area contributed by atoms with Gasteiger partial charge in [-0.15, -0.1) is 0 Å². The second-order valence-electron chi connectivity index (χ2n) is 6.76. The molecule has 0 aromatic heterocycles. The number of aliphatic hydroxyl groups is 1. The van der Waals surface area contributed by atoms with E-state index in [2.05, 4.69) is 29.8 Å². The van der Waals surface area contributed by atoms with E-state index in [4.69, 9.17) is 0 Å². The molecule has 0 aliphatic carbocycles. The molecular formula is C20H20BrNO3. The first-order valence-corrected chi connectivity index (χ1v) is 8.97. The first-order chi connectivity index (χ1) is 11.7. The largest absolute Gasteiger partial charge is 0.375 e. The fourth-order valence-electron chi connectivity index (χ4n) is 3.19. The molecular weight excluding hydrogens is 382 g/mol. The van der Waals surface area contributed by atoms with Gasteiger partial charge in [-0.3, -0.25) is 9.59 Å². The van der Waals surface area contributed by atoms with Crippen LogP contribution in [0.4, 0.5) is 5.69 Å². The Morgan fingerprint density at radius 3 is 2.44 bits per heavy atom. The number of rotatable bonds is 4. The van der Waals surface area contributed by atoms with E-state index in [1.165, 1.54) is 4.90 Å². The van der Waals surface area contributed by atoms with Gasteiger partial charge in [-0.2, -0.15) is 0 Å². The van der Waals surface area contributed by atoms with E-state index in [1.807, 2.05) is 12.1 Å². The highest BCUT2D eigenvalue weighted by Gasteiger charge is 2.49. The van der Waals surface area contributed by atoms with E-state index in [-0.39, 0.29) is 12.2 Å².